The van der Waals surface area contributed by atoms with E-state index in [1.54, 1.807) is 11.8 Å². The van der Waals surface area contributed by atoms with Crippen LogP contribution < -0.4 is 5.32 Å². The average molecular weight is 290 g/mol. The van der Waals surface area contributed by atoms with Crippen molar-refractivity contribution >= 4 is 26.8 Å². The Kier molecular flexibility index (Phi) is 4.59. The van der Waals surface area contributed by atoms with Crippen LogP contribution in [-0.2, 0) is 9.84 Å². The lowest BCUT2D eigenvalue weighted by Crippen LogP contribution is -2.37. The largest absolute Gasteiger partial charge is 0.364 e. The normalized spacial score (nSPS) is 23.7. The van der Waals surface area contributed by atoms with E-state index in [1.807, 2.05) is 0 Å². The first kappa shape index (κ1) is 14.2. The van der Waals surface area contributed by atoms with Crippen LogP contribution in [-0.4, -0.2) is 44.4 Å². The second kappa shape index (κ2) is 5.82. The highest BCUT2D eigenvalue weighted by Gasteiger charge is 2.34. The third-order valence-corrected chi connectivity index (χ3v) is 5.99. The fourth-order valence-corrected chi connectivity index (χ4v) is 4.26. The van der Waals surface area contributed by atoms with Crippen LogP contribution >= 0.6 is 11.8 Å². The number of thioether (sulfide) groups is 1. The molecular weight excluding hydrogens is 268 g/mol. The summed E-state index contributed by atoms with van der Waals surface area (Å²) in [4.78, 5) is 4.60. The molecule has 18 heavy (non-hydrogen) atoms. The summed E-state index contributed by atoms with van der Waals surface area (Å²) in [6, 6.07) is 0. The van der Waals surface area contributed by atoms with Crippen molar-refractivity contribution in [1.82, 2.24) is 5.32 Å². The summed E-state index contributed by atoms with van der Waals surface area (Å²) < 4.78 is 22.1. The molecule has 0 aromatic heterocycles. The highest BCUT2D eigenvalue weighted by atomic mass is 32.2. The van der Waals surface area contributed by atoms with Gasteiger partial charge in [-0.25, -0.2) is 8.42 Å². The van der Waals surface area contributed by atoms with Crippen LogP contribution in [0.1, 0.15) is 32.1 Å². The lowest BCUT2D eigenvalue weighted by atomic mass is 9.75. The third-order valence-electron chi connectivity index (χ3n) is 3.74. The van der Waals surface area contributed by atoms with E-state index in [0.29, 0.717) is 12.0 Å². The Balaban J connectivity index is 1.79. The summed E-state index contributed by atoms with van der Waals surface area (Å²) >= 11 is 1.76. The van der Waals surface area contributed by atoms with Crippen molar-refractivity contribution in [3.8, 4) is 0 Å². The first-order chi connectivity index (χ1) is 8.49. The van der Waals surface area contributed by atoms with Gasteiger partial charge in [0.15, 0.2) is 5.17 Å². The maximum Gasteiger partial charge on any atom is 0.156 e. The van der Waals surface area contributed by atoms with E-state index in [9.17, 15) is 8.42 Å². The van der Waals surface area contributed by atoms with E-state index in [1.165, 1.54) is 38.4 Å². The first-order valence-corrected chi connectivity index (χ1v) is 9.63. The Morgan fingerprint density at radius 2 is 2.06 bits per heavy atom. The zero-order valence-electron chi connectivity index (χ0n) is 10.9. The number of aliphatic imine (C=N–C) groups is 1. The van der Waals surface area contributed by atoms with Gasteiger partial charge in [0.2, 0.25) is 0 Å². The second-order valence-corrected chi connectivity index (χ2v) is 8.75. The molecule has 6 heteroatoms. The van der Waals surface area contributed by atoms with E-state index < -0.39 is 9.84 Å². The van der Waals surface area contributed by atoms with Gasteiger partial charge in [-0.1, -0.05) is 31.0 Å². The van der Waals surface area contributed by atoms with E-state index in [4.69, 9.17) is 0 Å². The van der Waals surface area contributed by atoms with Crippen molar-refractivity contribution in [3.05, 3.63) is 0 Å². The monoisotopic (exact) mass is 290 g/mol. The molecule has 104 valence electrons. The summed E-state index contributed by atoms with van der Waals surface area (Å²) in [6.07, 6.45) is 7.93. The second-order valence-electron chi connectivity index (χ2n) is 5.53. The predicted molar refractivity (Wildman–Crippen MR) is 78.0 cm³/mol. The molecule has 0 aromatic carbocycles. The molecule has 0 saturated heterocycles. The molecule has 1 fully saturated rings. The lowest BCUT2D eigenvalue weighted by molar-refractivity contribution is 0.232. The zero-order chi connectivity index (χ0) is 13.1. The van der Waals surface area contributed by atoms with Crippen molar-refractivity contribution in [2.24, 2.45) is 10.4 Å². The standard InChI is InChI=1S/C12H22N2O2S2/c1-18(15,16)8-7-13-11-14-9-12(10-17-11)5-3-2-4-6-12/h2-10H2,1H3,(H,13,14). The number of sulfone groups is 1. The van der Waals surface area contributed by atoms with Gasteiger partial charge < -0.3 is 5.32 Å². The molecule has 0 atom stereocenters. The Labute approximate surface area is 114 Å². The highest BCUT2D eigenvalue weighted by Crippen LogP contribution is 2.41. The lowest BCUT2D eigenvalue weighted by Gasteiger charge is -2.38. The molecule has 1 saturated carbocycles. The van der Waals surface area contributed by atoms with Gasteiger partial charge in [-0.2, -0.15) is 0 Å². The van der Waals surface area contributed by atoms with E-state index in [-0.39, 0.29) is 5.75 Å². The molecule has 1 N–H and O–H groups in total. The molecule has 0 unspecified atom stereocenters. The maximum atomic E-state index is 11.0. The topological polar surface area (TPSA) is 58.5 Å². The van der Waals surface area contributed by atoms with Gasteiger partial charge in [0.05, 0.1) is 5.75 Å². The van der Waals surface area contributed by atoms with Crippen LogP contribution in [0.2, 0.25) is 0 Å². The minimum Gasteiger partial charge on any atom is -0.364 e. The Morgan fingerprint density at radius 1 is 1.33 bits per heavy atom. The Hall–Kier alpha value is -0.230. The van der Waals surface area contributed by atoms with Gasteiger partial charge >= 0.3 is 0 Å². The fraction of sp³-hybridized carbons (Fsp3) is 0.917. The van der Waals surface area contributed by atoms with Crippen LogP contribution in [0.25, 0.3) is 0 Å². The molecule has 1 heterocycles. The number of nitrogens with zero attached hydrogens (tertiary/aromatic N) is 1. The number of rotatable bonds is 3. The van der Waals surface area contributed by atoms with Gasteiger partial charge in [-0.15, -0.1) is 0 Å². The molecule has 2 aliphatic rings. The summed E-state index contributed by atoms with van der Waals surface area (Å²) in [5, 5.41) is 4.06. The van der Waals surface area contributed by atoms with Crippen molar-refractivity contribution in [2.75, 3.05) is 30.9 Å². The molecule has 0 radical (unpaired) electrons. The highest BCUT2D eigenvalue weighted by molar-refractivity contribution is 8.13. The molecule has 4 nitrogen and oxygen atoms in total. The Bertz CT molecular complexity index is 412. The van der Waals surface area contributed by atoms with E-state index in [2.05, 4.69) is 10.3 Å². The van der Waals surface area contributed by atoms with Crippen molar-refractivity contribution in [2.45, 2.75) is 32.1 Å². The van der Waals surface area contributed by atoms with Gasteiger partial charge in [-0.3, -0.25) is 4.99 Å². The number of hydrogen-bond acceptors (Lipinski definition) is 5. The predicted octanol–water partition coefficient (Wildman–Crippen LogP) is 1.67. The van der Waals surface area contributed by atoms with E-state index in [0.717, 1.165) is 17.5 Å². The molecule has 0 amide bonds. The molecule has 0 aromatic rings. The van der Waals surface area contributed by atoms with Crippen LogP contribution in [0.5, 0.6) is 0 Å². The molecular formula is C12H22N2O2S2. The minimum absolute atomic E-state index is 0.178. The maximum absolute atomic E-state index is 11.0. The van der Waals surface area contributed by atoms with Gasteiger partial charge in [-0.05, 0) is 18.3 Å². The third kappa shape index (κ3) is 4.16. The van der Waals surface area contributed by atoms with Gasteiger partial charge in [0.1, 0.15) is 9.84 Å². The van der Waals surface area contributed by atoms with Crippen LogP contribution in [0.4, 0.5) is 0 Å². The SMILES string of the molecule is CS(=O)(=O)CCNC1=NCC2(CCCCC2)CS1. The summed E-state index contributed by atoms with van der Waals surface area (Å²) in [5.41, 5.74) is 0.435. The van der Waals surface area contributed by atoms with Gasteiger partial charge in [0, 0.05) is 25.1 Å². The summed E-state index contributed by atoms with van der Waals surface area (Å²) in [5.74, 6) is 1.31. The number of hydrogen-bond donors (Lipinski definition) is 1. The quantitative estimate of drug-likeness (QED) is 0.859. The molecule has 1 aliphatic heterocycles. The summed E-state index contributed by atoms with van der Waals surface area (Å²) in [7, 11) is -2.88. The van der Waals surface area contributed by atoms with Crippen LogP contribution in [0.3, 0.4) is 0 Å². The molecule has 1 aliphatic carbocycles. The van der Waals surface area contributed by atoms with Crippen LogP contribution in [0, 0.1) is 5.41 Å². The van der Waals surface area contributed by atoms with Crippen molar-refractivity contribution in [3.63, 3.8) is 0 Å². The van der Waals surface area contributed by atoms with Crippen molar-refractivity contribution < 1.29 is 8.42 Å². The molecule has 2 rings (SSSR count). The minimum atomic E-state index is -2.88. The number of nitrogens with one attached hydrogen (secondary N) is 1. The molecule has 0 bridgehead atoms. The fourth-order valence-electron chi connectivity index (χ4n) is 2.61. The number of amidine groups is 1. The Morgan fingerprint density at radius 3 is 2.61 bits per heavy atom. The zero-order valence-corrected chi connectivity index (χ0v) is 12.6. The van der Waals surface area contributed by atoms with Crippen molar-refractivity contribution in [1.29, 1.82) is 0 Å². The van der Waals surface area contributed by atoms with E-state index >= 15 is 0 Å². The summed E-state index contributed by atoms with van der Waals surface area (Å²) in [6.45, 7) is 1.39. The average Bonchev–Trinajstić information content (AvgIpc) is 2.32. The van der Waals surface area contributed by atoms with Gasteiger partial charge in [0.25, 0.3) is 0 Å². The first-order valence-electron chi connectivity index (χ1n) is 6.58. The molecule has 1 spiro atoms. The van der Waals surface area contributed by atoms with Crippen LogP contribution in [0.15, 0.2) is 4.99 Å². The smallest absolute Gasteiger partial charge is 0.156 e.